The summed E-state index contributed by atoms with van der Waals surface area (Å²) in [5.74, 6) is 0.952. The number of hydrogen-bond donors (Lipinski definition) is 0. The highest BCUT2D eigenvalue weighted by atomic mass is 35.5. The van der Waals surface area contributed by atoms with Gasteiger partial charge in [0.05, 0.1) is 16.5 Å². The number of likely N-dealkylation sites (N-methyl/N-ethyl adjacent to an activating group) is 1. The second kappa shape index (κ2) is 9.37. The molecule has 0 aromatic heterocycles. The van der Waals surface area contributed by atoms with Crippen LogP contribution in [-0.2, 0) is 11.4 Å². The molecule has 3 rings (SSSR count). The number of rotatable bonds is 6. The number of nitrogens with zero attached hydrogens (tertiary/aromatic N) is 2. The van der Waals surface area contributed by atoms with Crippen LogP contribution in [0, 0.1) is 6.92 Å². The monoisotopic (exact) mass is 430 g/mol. The lowest BCUT2D eigenvalue weighted by atomic mass is 10.1. The van der Waals surface area contributed by atoms with E-state index in [2.05, 4.69) is 11.1 Å². The zero-order valence-corrected chi connectivity index (χ0v) is 18.4. The number of aliphatic imine (C=N–C) groups is 1. The zero-order valence-electron chi connectivity index (χ0n) is 16.9. The second-order valence-corrected chi connectivity index (χ2v) is 7.94. The Hall–Kier alpha value is -2.44. The molecule has 2 aromatic rings. The SMILES string of the molecule is CCOc1cc(/C=C2/SC(=NC)N(C)C2=O)cc(Cl)c1OCc1cccc(C)c1. The number of ether oxygens (including phenoxy) is 2. The van der Waals surface area contributed by atoms with E-state index >= 15 is 0 Å². The fourth-order valence-electron chi connectivity index (χ4n) is 2.93. The standard InChI is InChI=1S/C22H23ClN2O3S/c1-5-27-18-11-16(12-19-21(26)25(4)22(24-3)29-19)10-17(23)20(18)28-13-15-8-6-7-14(2)9-15/h6-12H,5,13H2,1-4H3/b19-12+,24-22?. The van der Waals surface area contributed by atoms with Crippen LogP contribution in [-0.4, -0.2) is 36.7 Å². The van der Waals surface area contributed by atoms with Crippen molar-refractivity contribution in [2.75, 3.05) is 20.7 Å². The first-order chi connectivity index (χ1) is 13.9. The van der Waals surface area contributed by atoms with Crippen molar-refractivity contribution in [2.45, 2.75) is 20.5 Å². The molecule has 0 spiro atoms. The minimum atomic E-state index is -0.0931. The van der Waals surface area contributed by atoms with Gasteiger partial charge in [0.1, 0.15) is 6.61 Å². The lowest BCUT2D eigenvalue weighted by molar-refractivity contribution is -0.121. The molecule has 0 radical (unpaired) electrons. The van der Waals surface area contributed by atoms with Gasteiger partial charge in [-0.2, -0.15) is 0 Å². The van der Waals surface area contributed by atoms with E-state index < -0.39 is 0 Å². The van der Waals surface area contributed by atoms with E-state index in [4.69, 9.17) is 21.1 Å². The molecule has 0 saturated carbocycles. The highest BCUT2D eigenvalue weighted by Gasteiger charge is 2.29. The largest absolute Gasteiger partial charge is 0.490 e. The molecule has 1 aliphatic heterocycles. The number of benzene rings is 2. The Bertz CT molecular complexity index is 988. The molecule has 29 heavy (non-hydrogen) atoms. The van der Waals surface area contributed by atoms with E-state index in [9.17, 15) is 4.79 Å². The van der Waals surface area contributed by atoms with Crippen LogP contribution in [0.2, 0.25) is 5.02 Å². The fraction of sp³-hybridized carbons (Fsp3) is 0.273. The van der Waals surface area contributed by atoms with E-state index in [1.165, 1.54) is 22.2 Å². The van der Waals surface area contributed by atoms with E-state index in [0.29, 0.717) is 39.8 Å². The second-order valence-electron chi connectivity index (χ2n) is 6.52. The van der Waals surface area contributed by atoms with Gasteiger partial charge < -0.3 is 9.47 Å². The van der Waals surface area contributed by atoms with Crippen LogP contribution in [0.4, 0.5) is 0 Å². The smallest absolute Gasteiger partial charge is 0.266 e. The summed E-state index contributed by atoms with van der Waals surface area (Å²) in [5, 5.41) is 1.10. The number of carbonyl (C=O) groups is 1. The summed E-state index contributed by atoms with van der Waals surface area (Å²) >= 11 is 7.85. The van der Waals surface area contributed by atoms with Gasteiger partial charge in [-0.05, 0) is 54.9 Å². The van der Waals surface area contributed by atoms with E-state index in [1.54, 1.807) is 26.2 Å². The van der Waals surface area contributed by atoms with Gasteiger partial charge in [0.25, 0.3) is 5.91 Å². The van der Waals surface area contributed by atoms with Crippen molar-refractivity contribution in [2.24, 2.45) is 4.99 Å². The van der Waals surface area contributed by atoms with Crippen molar-refractivity contribution in [3.63, 3.8) is 0 Å². The molecule has 0 atom stereocenters. The zero-order chi connectivity index (χ0) is 21.0. The molecule has 152 valence electrons. The van der Waals surface area contributed by atoms with Crippen LogP contribution in [0.3, 0.4) is 0 Å². The van der Waals surface area contributed by atoms with E-state index in [-0.39, 0.29) is 5.91 Å². The summed E-state index contributed by atoms with van der Waals surface area (Å²) in [6.45, 7) is 4.80. The van der Waals surface area contributed by atoms with Gasteiger partial charge in [-0.25, -0.2) is 0 Å². The maximum absolute atomic E-state index is 12.4. The molecule has 1 heterocycles. The Morgan fingerprint density at radius 1 is 1.24 bits per heavy atom. The quantitative estimate of drug-likeness (QED) is 0.594. The highest BCUT2D eigenvalue weighted by Crippen LogP contribution is 2.39. The predicted octanol–water partition coefficient (Wildman–Crippen LogP) is 5.16. The lowest BCUT2D eigenvalue weighted by Crippen LogP contribution is -2.23. The summed E-state index contributed by atoms with van der Waals surface area (Å²) in [7, 11) is 3.37. The number of halogens is 1. The molecular weight excluding hydrogens is 408 g/mol. The minimum Gasteiger partial charge on any atom is -0.490 e. The molecule has 7 heteroatoms. The summed E-state index contributed by atoms with van der Waals surface area (Å²) < 4.78 is 11.7. The molecule has 2 aromatic carbocycles. The van der Waals surface area contributed by atoms with Crippen LogP contribution in [0.15, 0.2) is 46.3 Å². The van der Waals surface area contributed by atoms with Gasteiger partial charge in [0, 0.05) is 14.1 Å². The fourth-order valence-corrected chi connectivity index (χ4v) is 4.13. The van der Waals surface area contributed by atoms with Crippen molar-refractivity contribution in [1.29, 1.82) is 0 Å². The van der Waals surface area contributed by atoms with Crippen LogP contribution in [0.25, 0.3) is 6.08 Å². The summed E-state index contributed by atoms with van der Waals surface area (Å²) in [6, 6.07) is 11.7. The first-order valence-electron chi connectivity index (χ1n) is 9.22. The molecule has 1 aliphatic rings. The van der Waals surface area contributed by atoms with Crippen molar-refractivity contribution in [1.82, 2.24) is 4.90 Å². The summed E-state index contributed by atoms with van der Waals surface area (Å²) in [4.78, 5) is 18.6. The highest BCUT2D eigenvalue weighted by molar-refractivity contribution is 8.18. The maximum atomic E-state index is 12.4. The molecule has 0 bridgehead atoms. The maximum Gasteiger partial charge on any atom is 0.266 e. The summed E-state index contributed by atoms with van der Waals surface area (Å²) in [6.07, 6.45) is 1.79. The molecule has 0 unspecified atom stereocenters. The van der Waals surface area contributed by atoms with Crippen molar-refractivity contribution in [3.8, 4) is 11.5 Å². The van der Waals surface area contributed by atoms with Crippen molar-refractivity contribution in [3.05, 3.63) is 63.0 Å². The van der Waals surface area contributed by atoms with Crippen LogP contribution in [0.1, 0.15) is 23.6 Å². The Labute approximate surface area is 180 Å². The number of amides is 1. The predicted molar refractivity (Wildman–Crippen MR) is 120 cm³/mol. The third-order valence-corrected chi connectivity index (χ3v) is 5.72. The number of hydrogen-bond acceptors (Lipinski definition) is 5. The Kier molecular flexibility index (Phi) is 6.87. The van der Waals surface area contributed by atoms with Crippen LogP contribution >= 0.6 is 23.4 Å². The van der Waals surface area contributed by atoms with Gasteiger partial charge in [-0.1, -0.05) is 41.4 Å². The van der Waals surface area contributed by atoms with Gasteiger partial charge in [-0.3, -0.25) is 14.7 Å². The Balaban J connectivity index is 1.88. The van der Waals surface area contributed by atoms with Gasteiger partial charge in [0.15, 0.2) is 16.7 Å². The first kappa shape index (κ1) is 21.3. The number of carbonyl (C=O) groups excluding carboxylic acids is 1. The minimum absolute atomic E-state index is 0.0931. The van der Waals surface area contributed by atoms with Gasteiger partial charge in [0.2, 0.25) is 0 Å². The summed E-state index contributed by atoms with van der Waals surface area (Å²) in [5.41, 5.74) is 2.99. The van der Waals surface area contributed by atoms with Crippen LogP contribution < -0.4 is 9.47 Å². The Morgan fingerprint density at radius 3 is 2.69 bits per heavy atom. The first-order valence-corrected chi connectivity index (χ1v) is 10.4. The molecule has 0 aliphatic carbocycles. The molecular formula is C22H23ClN2O3S. The Morgan fingerprint density at radius 2 is 2.03 bits per heavy atom. The van der Waals surface area contributed by atoms with Crippen LogP contribution in [0.5, 0.6) is 11.5 Å². The van der Waals surface area contributed by atoms with Gasteiger partial charge in [-0.15, -0.1) is 0 Å². The van der Waals surface area contributed by atoms with E-state index in [0.717, 1.165) is 11.1 Å². The number of aryl methyl sites for hydroxylation is 1. The average molecular weight is 431 g/mol. The third kappa shape index (κ3) is 4.95. The molecule has 1 fully saturated rings. The topological polar surface area (TPSA) is 51.1 Å². The average Bonchev–Trinajstić information content (AvgIpc) is 2.95. The number of thioether (sulfide) groups is 1. The molecule has 5 nitrogen and oxygen atoms in total. The lowest BCUT2D eigenvalue weighted by Gasteiger charge is -2.15. The molecule has 1 amide bonds. The molecule has 0 N–H and O–H groups in total. The normalized spacial score (nSPS) is 16.7. The van der Waals surface area contributed by atoms with Gasteiger partial charge >= 0.3 is 0 Å². The van der Waals surface area contributed by atoms with Crippen molar-refractivity contribution >= 4 is 40.5 Å². The third-order valence-electron chi connectivity index (χ3n) is 4.29. The molecule has 1 saturated heterocycles. The van der Waals surface area contributed by atoms with Crippen molar-refractivity contribution < 1.29 is 14.3 Å². The van der Waals surface area contributed by atoms with E-state index in [1.807, 2.05) is 38.1 Å². The number of amidine groups is 1.